The number of hydrogen-bond acceptors (Lipinski definition) is 7. The number of aryl methyl sites for hydroxylation is 2. The van der Waals surface area contributed by atoms with E-state index in [0.29, 0.717) is 24.5 Å². The normalized spacial score (nSPS) is 14.5. The molecule has 0 aromatic carbocycles. The monoisotopic (exact) mass is 400 g/mol. The summed E-state index contributed by atoms with van der Waals surface area (Å²) >= 11 is 0. The van der Waals surface area contributed by atoms with E-state index in [-0.39, 0.29) is 11.9 Å². The van der Waals surface area contributed by atoms with Gasteiger partial charge in [-0.2, -0.15) is 5.10 Å². The van der Waals surface area contributed by atoms with Crippen LogP contribution in [-0.4, -0.2) is 43.2 Å². The fraction of sp³-hybridized carbons (Fsp3) is 0.600. The van der Waals surface area contributed by atoms with Crippen LogP contribution in [0, 0.1) is 0 Å². The Morgan fingerprint density at radius 3 is 2.69 bits per heavy atom. The Hall–Kier alpha value is -2.84. The zero-order valence-electron chi connectivity index (χ0n) is 16.8. The molecule has 9 nitrogen and oxygen atoms in total. The summed E-state index contributed by atoms with van der Waals surface area (Å²) in [6.45, 7) is 2.51. The number of carbonyl (C=O) groups is 2. The first-order valence-electron chi connectivity index (χ1n) is 10.4. The molecule has 29 heavy (non-hydrogen) atoms. The third-order valence-electron chi connectivity index (χ3n) is 4.99. The van der Waals surface area contributed by atoms with Gasteiger partial charge in [0.15, 0.2) is 11.6 Å². The molecule has 156 valence electrons. The van der Waals surface area contributed by atoms with Gasteiger partial charge < -0.3 is 4.74 Å². The van der Waals surface area contributed by atoms with Crippen molar-refractivity contribution >= 4 is 17.7 Å². The average Bonchev–Trinajstić information content (AvgIpc) is 3.21. The molecule has 1 amide bonds. The lowest BCUT2D eigenvalue weighted by Crippen LogP contribution is -2.24. The molecular formula is C20H28N6O3. The lowest BCUT2D eigenvalue weighted by molar-refractivity contribution is 0.0864. The SMILES string of the molecule is CCC(=O)c1cn(CCCCc2ccc(NC(=O)OC3CCCCC3)nn2)nn1. The third-order valence-corrected chi connectivity index (χ3v) is 4.99. The van der Waals surface area contributed by atoms with E-state index in [1.165, 1.54) is 6.42 Å². The smallest absolute Gasteiger partial charge is 0.413 e. The maximum atomic E-state index is 11.9. The van der Waals surface area contributed by atoms with Crippen LogP contribution in [0.2, 0.25) is 0 Å². The fourth-order valence-corrected chi connectivity index (χ4v) is 3.32. The number of aromatic nitrogens is 5. The van der Waals surface area contributed by atoms with Crippen LogP contribution in [0.1, 0.15) is 74.5 Å². The number of anilines is 1. The van der Waals surface area contributed by atoms with Gasteiger partial charge in [0.25, 0.3) is 0 Å². The van der Waals surface area contributed by atoms with E-state index in [4.69, 9.17) is 4.74 Å². The minimum atomic E-state index is -0.465. The molecule has 1 aliphatic carbocycles. The van der Waals surface area contributed by atoms with Crippen LogP contribution in [0.4, 0.5) is 10.6 Å². The first-order valence-corrected chi connectivity index (χ1v) is 10.4. The largest absolute Gasteiger partial charge is 0.446 e. The molecule has 0 saturated heterocycles. The number of ether oxygens (including phenoxy) is 1. The lowest BCUT2D eigenvalue weighted by atomic mass is 9.98. The molecule has 0 radical (unpaired) electrons. The van der Waals surface area contributed by atoms with Crippen LogP contribution < -0.4 is 5.32 Å². The van der Waals surface area contributed by atoms with E-state index >= 15 is 0 Å². The summed E-state index contributed by atoms with van der Waals surface area (Å²) in [6, 6.07) is 3.60. The molecular weight excluding hydrogens is 372 g/mol. The van der Waals surface area contributed by atoms with Gasteiger partial charge in [-0.1, -0.05) is 18.6 Å². The molecule has 0 atom stereocenters. The Morgan fingerprint density at radius 2 is 1.97 bits per heavy atom. The highest BCUT2D eigenvalue weighted by atomic mass is 16.6. The number of nitrogens with zero attached hydrogens (tertiary/aromatic N) is 5. The zero-order valence-corrected chi connectivity index (χ0v) is 16.8. The highest BCUT2D eigenvalue weighted by Crippen LogP contribution is 2.20. The Bertz CT molecular complexity index is 799. The van der Waals surface area contributed by atoms with Crippen LogP contribution in [0.25, 0.3) is 0 Å². The predicted molar refractivity (Wildman–Crippen MR) is 107 cm³/mol. The van der Waals surface area contributed by atoms with Crippen molar-refractivity contribution in [3.05, 3.63) is 29.7 Å². The molecule has 2 heterocycles. The number of nitrogens with one attached hydrogen (secondary N) is 1. The van der Waals surface area contributed by atoms with Crippen LogP contribution in [0.15, 0.2) is 18.3 Å². The topological polar surface area (TPSA) is 112 Å². The van der Waals surface area contributed by atoms with Gasteiger partial charge in [-0.15, -0.1) is 10.2 Å². The van der Waals surface area contributed by atoms with E-state index in [2.05, 4.69) is 25.8 Å². The molecule has 0 unspecified atom stereocenters. The molecule has 9 heteroatoms. The van der Waals surface area contributed by atoms with Crippen molar-refractivity contribution in [3.8, 4) is 0 Å². The minimum Gasteiger partial charge on any atom is -0.446 e. The van der Waals surface area contributed by atoms with Gasteiger partial charge in [-0.3, -0.25) is 14.8 Å². The summed E-state index contributed by atoms with van der Waals surface area (Å²) in [7, 11) is 0. The number of ketones is 1. The van der Waals surface area contributed by atoms with Crippen molar-refractivity contribution in [3.63, 3.8) is 0 Å². The second-order valence-corrected chi connectivity index (χ2v) is 7.30. The molecule has 3 rings (SSSR count). The Balaban J connectivity index is 1.36. The molecule has 0 bridgehead atoms. The summed E-state index contributed by atoms with van der Waals surface area (Å²) in [6.07, 6.45) is 9.54. The van der Waals surface area contributed by atoms with Gasteiger partial charge in [0.1, 0.15) is 11.8 Å². The lowest BCUT2D eigenvalue weighted by Gasteiger charge is -2.21. The van der Waals surface area contributed by atoms with Crippen molar-refractivity contribution in [2.45, 2.75) is 77.4 Å². The number of amides is 1. The summed E-state index contributed by atoms with van der Waals surface area (Å²) in [5, 5.41) is 18.7. The van der Waals surface area contributed by atoms with Gasteiger partial charge in [-0.05, 0) is 57.1 Å². The first kappa shape index (κ1) is 20.9. The van der Waals surface area contributed by atoms with Gasteiger partial charge in [0.05, 0.1) is 11.9 Å². The van der Waals surface area contributed by atoms with E-state index < -0.39 is 6.09 Å². The van der Waals surface area contributed by atoms with Crippen molar-refractivity contribution in [2.24, 2.45) is 0 Å². The second kappa shape index (κ2) is 10.6. The number of carbonyl (C=O) groups excluding carboxylic acids is 2. The quantitative estimate of drug-likeness (QED) is 0.506. The standard InChI is InChI=1S/C20H28N6O3/c1-2-18(27)17-14-26(25-23-17)13-7-6-8-15-11-12-19(24-22-15)21-20(28)29-16-9-4-3-5-10-16/h11-12,14,16H,2-10,13H2,1H3,(H,21,24,28). The summed E-state index contributed by atoms with van der Waals surface area (Å²) in [5.41, 5.74) is 1.28. The van der Waals surface area contributed by atoms with Gasteiger partial charge in [0, 0.05) is 13.0 Å². The van der Waals surface area contributed by atoms with Gasteiger partial charge in [-0.25, -0.2) is 4.79 Å². The van der Waals surface area contributed by atoms with E-state index in [1.807, 2.05) is 13.0 Å². The van der Waals surface area contributed by atoms with Crippen LogP contribution in [-0.2, 0) is 17.7 Å². The Morgan fingerprint density at radius 1 is 1.14 bits per heavy atom. The number of hydrogen-bond donors (Lipinski definition) is 1. The molecule has 0 spiro atoms. The molecule has 2 aromatic heterocycles. The van der Waals surface area contributed by atoms with E-state index in [1.54, 1.807) is 16.9 Å². The predicted octanol–water partition coefficient (Wildman–Crippen LogP) is 3.56. The molecule has 1 N–H and O–H groups in total. The Kier molecular flexibility index (Phi) is 7.66. The highest BCUT2D eigenvalue weighted by molar-refractivity contribution is 5.93. The van der Waals surface area contributed by atoms with Crippen molar-refractivity contribution < 1.29 is 14.3 Å². The van der Waals surface area contributed by atoms with Crippen LogP contribution in [0.5, 0.6) is 0 Å². The van der Waals surface area contributed by atoms with Crippen LogP contribution in [0.3, 0.4) is 0 Å². The highest BCUT2D eigenvalue weighted by Gasteiger charge is 2.18. The molecule has 1 aliphatic rings. The van der Waals surface area contributed by atoms with Gasteiger partial charge in [0.2, 0.25) is 0 Å². The molecule has 1 fully saturated rings. The van der Waals surface area contributed by atoms with E-state index in [9.17, 15) is 9.59 Å². The zero-order chi connectivity index (χ0) is 20.5. The minimum absolute atomic E-state index is 0.00264. The fourth-order valence-electron chi connectivity index (χ4n) is 3.32. The number of unbranched alkanes of at least 4 members (excludes halogenated alkanes) is 1. The summed E-state index contributed by atoms with van der Waals surface area (Å²) < 4.78 is 7.11. The molecule has 1 saturated carbocycles. The van der Waals surface area contributed by atoms with Crippen molar-refractivity contribution in [1.82, 2.24) is 25.2 Å². The maximum absolute atomic E-state index is 11.9. The van der Waals surface area contributed by atoms with Gasteiger partial charge >= 0.3 is 6.09 Å². The number of Topliss-reactive ketones (excluding diaryl/α,β-unsaturated/α-hetero) is 1. The van der Waals surface area contributed by atoms with Crippen molar-refractivity contribution in [2.75, 3.05) is 5.32 Å². The first-order chi connectivity index (χ1) is 14.1. The maximum Gasteiger partial charge on any atom is 0.413 e. The Labute approximate surface area is 170 Å². The van der Waals surface area contributed by atoms with Crippen molar-refractivity contribution in [1.29, 1.82) is 0 Å². The number of rotatable bonds is 9. The molecule has 0 aliphatic heterocycles. The summed E-state index contributed by atoms with van der Waals surface area (Å²) in [5.74, 6) is 0.396. The molecule has 2 aromatic rings. The second-order valence-electron chi connectivity index (χ2n) is 7.30. The third kappa shape index (κ3) is 6.62. The van der Waals surface area contributed by atoms with E-state index in [0.717, 1.165) is 50.6 Å². The average molecular weight is 400 g/mol. The summed E-state index contributed by atoms with van der Waals surface area (Å²) in [4.78, 5) is 23.5. The van der Waals surface area contributed by atoms with Crippen LogP contribution >= 0.6 is 0 Å².